The lowest BCUT2D eigenvalue weighted by Gasteiger charge is -2.17. The highest BCUT2D eigenvalue weighted by atomic mass is 19.4. The highest BCUT2D eigenvalue weighted by Crippen LogP contribution is 2.37. The zero-order valence-corrected chi connectivity index (χ0v) is 8.95. The summed E-state index contributed by atoms with van der Waals surface area (Å²) in [5.74, 6) is -0.445. The Morgan fingerprint density at radius 2 is 1.94 bits per heavy atom. The van der Waals surface area contributed by atoms with E-state index in [9.17, 15) is 18.0 Å². The maximum absolute atomic E-state index is 12.7. The van der Waals surface area contributed by atoms with Crippen LogP contribution in [0.2, 0.25) is 0 Å². The van der Waals surface area contributed by atoms with Gasteiger partial charge in [-0.1, -0.05) is 12.1 Å². The number of anilines is 1. The van der Waals surface area contributed by atoms with Gasteiger partial charge in [0.25, 0.3) is 5.91 Å². The van der Waals surface area contributed by atoms with E-state index >= 15 is 0 Å². The van der Waals surface area contributed by atoms with Crippen molar-refractivity contribution >= 4 is 17.3 Å². The van der Waals surface area contributed by atoms with Crippen LogP contribution in [0.4, 0.5) is 18.9 Å². The van der Waals surface area contributed by atoms with E-state index in [2.05, 4.69) is 5.10 Å². The van der Waals surface area contributed by atoms with Crippen molar-refractivity contribution in [1.29, 1.82) is 0 Å². The molecule has 1 aliphatic rings. The summed E-state index contributed by atoms with van der Waals surface area (Å²) in [5, 5.41) is 4.63. The lowest BCUT2D eigenvalue weighted by molar-refractivity contribution is -0.137. The molecule has 0 unspecified atom stereocenters. The molecule has 2 rings (SSSR count). The summed E-state index contributed by atoms with van der Waals surface area (Å²) in [7, 11) is 0. The number of rotatable bonds is 1. The molecule has 17 heavy (non-hydrogen) atoms. The molecule has 0 aliphatic carbocycles. The molecular weight excluding hydrogens is 233 g/mol. The van der Waals surface area contributed by atoms with Crippen molar-refractivity contribution in [3.05, 3.63) is 29.8 Å². The van der Waals surface area contributed by atoms with E-state index < -0.39 is 17.6 Å². The normalized spacial score (nSPS) is 16.4. The Bertz CT molecular complexity index is 494. The summed E-state index contributed by atoms with van der Waals surface area (Å²) in [5.41, 5.74) is -0.569. The Labute approximate surface area is 95.5 Å². The molecular formula is C11H9F3N2O. The summed E-state index contributed by atoms with van der Waals surface area (Å²) in [6.45, 7) is 1.61. The van der Waals surface area contributed by atoms with E-state index in [1.54, 1.807) is 6.92 Å². The number of hydrogen-bond acceptors (Lipinski definition) is 2. The Morgan fingerprint density at radius 1 is 1.29 bits per heavy atom. The minimum Gasteiger partial charge on any atom is -0.272 e. The van der Waals surface area contributed by atoms with Gasteiger partial charge in [0.05, 0.1) is 17.7 Å². The van der Waals surface area contributed by atoms with E-state index in [-0.39, 0.29) is 12.1 Å². The number of alkyl halides is 3. The fraction of sp³-hybridized carbons (Fsp3) is 0.273. The average Bonchev–Trinajstić information content (AvgIpc) is 2.56. The molecule has 6 heteroatoms. The summed E-state index contributed by atoms with van der Waals surface area (Å²) in [6, 6.07) is 4.90. The molecule has 1 amide bonds. The molecule has 0 spiro atoms. The molecule has 1 heterocycles. The second-order valence-electron chi connectivity index (χ2n) is 3.73. The summed E-state index contributed by atoms with van der Waals surface area (Å²) in [6.07, 6.45) is -4.44. The molecule has 0 aromatic heterocycles. The van der Waals surface area contributed by atoms with Crippen LogP contribution < -0.4 is 5.01 Å². The number of hydrogen-bond donors (Lipinski definition) is 0. The van der Waals surface area contributed by atoms with Crippen LogP contribution in [0.5, 0.6) is 0 Å². The van der Waals surface area contributed by atoms with Gasteiger partial charge in [0.2, 0.25) is 0 Å². The molecule has 0 saturated carbocycles. The number of hydrazone groups is 1. The highest BCUT2D eigenvalue weighted by molar-refractivity contribution is 6.12. The first kappa shape index (κ1) is 11.6. The number of carbonyl (C=O) groups excluding carboxylic acids is 1. The van der Waals surface area contributed by atoms with Crippen LogP contribution >= 0.6 is 0 Å². The molecule has 0 bridgehead atoms. The maximum Gasteiger partial charge on any atom is 0.418 e. The molecule has 1 aromatic rings. The summed E-state index contributed by atoms with van der Waals surface area (Å²) >= 11 is 0. The van der Waals surface area contributed by atoms with Gasteiger partial charge < -0.3 is 0 Å². The number of halogens is 3. The maximum atomic E-state index is 12.7. The second-order valence-corrected chi connectivity index (χ2v) is 3.73. The number of nitrogens with zero attached hydrogens (tertiary/aromatic N) is 2. The Hall–Kier alpha value is -1.85. The fourth-order valence-corrected chi connectivity index (χ4v) is 1.64. The van der Waals surface area contributed by atoms with E-state index in [0.29, 0.717) is 5.71 Å². The monoisotopic (exact) mass is 242 g/mol. The second kappa shape index (κ2) is 3.87. The summed E-state index contributed by atoms with van der Waals surface area (Å²) in [4.78, 5) is 11.5. The van der Waals surface area contributed by atoms with E-state index in [1.165, 1.54) is 18.2 Å². The van der Waals surface area contributed by atoms with Gasteiger partial charge in [-0.05, 0) is 19.1 Å². The number of para-hydroxylation sites is 1. The predicted molar refractivity (Wildman–Crippen MR) is 56.7 cm³/mol. The molecule has 3 nitrogen and oxygen atoms in total. The minimum atomic E-state index is -4.50. The Morgan fingerprint density at radius 3 is 2.47 bits per heavy atom. The van der Waals surface area contributed by atoms with Crippen LogP contribution in [0, 0.1) is 0 Å². The third-order valence-electron chi connectivity index (χ3n) is 2.35. The van der Waals surface area contributed by atoms with Gasteiger partial charge in [-0.3, -0.25) is 4.79 Å². The van der Waals surface area contributed by atoms with Gasteiger partial charge in [0.1, 0.15) is 0 Å². The lowest BCUT2D eigenvalue weighted by Crippen LogP contribution is -2.23. The zero-order chi connectivity index (χ0) is 12.6. The average molecular weight is 242 g/mol. The van der Waals surface area contributed by atoms with Crippen molar-refractivity contribution in [1.82, 2.24) is 0 Å². The van der Waals surface area contributed by atoms with Crippen molar-refractivity contribution in [2.75, 3.05) is 5.01 Å². The third kappa shape index (κ3) is 2.15. The van der Waals surface area contributed by atoms with Crippen molar-refractivity contribution < 1.29 is 18.0 Å². The molecule has 90 valence electrons. The van der Waals surface area contributed by atoms with Crippen molar-refractivity contribution in [2.24, 2.45) is 5.10 Å². The van der Waals surface area contributed by atoms with Crippen LogP contribution in [-0.4, -0.2) is 11.6 Å². The highest BCUT2D eigenvalue weighted by Gasteiger charge is 2.37. The molecule has 0 radical (unpaired) electrons. The van der Waals surface area contributed by atoms with E-state index in [4.69, 9.17) is 0 Å². The van der Waals surface area contributed by atoms with Gasteiger partial charge >= 0.3 is 6.18 Å². The predicted octanol–water partition coefficient (Wildman–Crippen LogP) is 2.82. The molecule has 0 fully saturated rings. The summed E-state index contributed by atoms with van der Waals surface area (Å²) < 4.78 is 38.2. The number of carbonyl (C=O) groups is 1. The molecule has 0 saturated heterocycles. The van der Waals surface area contributed by atoms with Crippen LogP contribution in [0.3, 0.4) is 0 Å². The lowest BCUT2D eigenvalue weighted by atomic mass is 10.1. The fourth-order valence-electron chi connectivity index (χ4n) is 1.64. The van der Waals surface area contributed by atoms with Crippen LogP contribution in [0.15, 0.2) is 29.4 Å². The number of benzene rings is 1. The molecule has 0 N–H and O–H groups in total. The SMILES string of the molecule is CC1=NN(c2ccccc2C(F)(F)F)C(=O)C1. The first-order chi connectivity index (χ1) is 7.89. The number of amides is 1. The topological polar surface area (TPSA) is 32.7 Å². The van der Waals surface area contributed by atoms with Gasteiger partial charge in [-0.15, -0.1) is 0 Å². The first-order valence-electron chi connectivity index (χ1n) is 4.93. The largest absolute Gasteiger partial charge is 0.418 e. The molecule has 1 aliphatic heterocycles. The minimum absolute atomic E-state index is 0.0617. The molecule has 0 atom stereocenters. The van der Waals surface area contributed by atoms with Crippen LogP contribution in [0.25, 0.3) is 0 Å². The van der Waals surface area contributed by atoms with Gasteiger partial charge in [0, 0.05) is 5.71 Å². The molecule has 1 aromatic carbocycles. The first-order valence-corrected chi connectivity index (χ1v) is 4.93. The third-order valence-corrected chi connectivity index (χ3v) is 2.35. The van der Waals surface area contributed by atoms with Crippen LogP contribution in [0.1, 0.15) is 18.9 Å². The Kier molecular flexibility index (Phi) is 2.65. The van der Waals surface area contributed by atoms with Gasteiger partial charge in [-0.2, -0.15) is 23.3 Å². The van der Waals surface area contributed by atoms with Gasteiger partial charge in [0.15, 0.2) is 0 Å². The van der Waals surface area contributed by atoms with E-state index in [1.807, 2.05) is 0 Å². The van der Waals surface area contributed by atoms with Crippen molar-refractivity contribution in [3.8, 4) is 0 Å². The van der Waals surface area contributed by atoms with E-state index in [0.717, 1.165) is 11.1 Å². The standard InChI is InChI=1S/C11H9F3N2O/c1-7-6-10(17)16(15-7)9-5-3-2-4-8(9)11(12,13)14/h2-5H,6H2,1H3. The zero-order valence-electron chi connectivity index (χ0n) is 8.95. The van der Waals surface area contributed by atoms with Crippen LogP contribution in [-0.2, 0) is 11.0 Å². The van der Waals surface area contributed by atoms with Crippen molar-refractivity contribution in [3.63, 3.8) is 0 Å². The smallest absolute Gasteiger partial charge is 0.272 e. The quantitative estimate of drug-likeness (QED) is 0.745. The van der Waals surface area contributed by atoms with Gasteiger partial charge in [-0.25, -0.2) is 0 Å². The van der Waals surface area contributed by atoms with Crippen molar-refractivity contribution in [2.45, 2.75) is 19.5 Å². The Balaban J connectivity index is 2.50.